The number of hydrogen-bond acceptors (Lipinski definition) is 3. The second-order valence-electron chi connectivity index (χ2n) is 4.51. The van der Waals surface area contributed by atoms with E-state index in [9.17, 15) is 4.79 Å². The zero-order valence-corrected chi connectivity index (χ0v) is 13.3. The van der Waals surface area contributed by atoms with Crippen molar-refractivity contribution >= 4 is 21.9 Å². The Labute approximate surface area is 127 Å². The molecule has 0 saturated heterocycles. The van der Waals surface area contributed by atoms with E-state index in [0.717, 1.165) is 21.3 Å². The summed E-state index contributed by atoms with van der Waals surface area (Å²) in [5.41, 5.74) is 4.10. The Balaban J connectivity index is 2.45. The van der Waals surface area contributed by atoms with Crippen molar-refractivity contribution in [1.29, 1.82) is 0 Å². The molecule has 0 atom stereocenters. The van der Waals surface area contributed by atoms with E-state index >= 15 is 0 Å². The molecule has 4 heteroatoms. The number of benzene rings is 1. The molecule has 0 spiro atoms. The number of esters is 1. The van der Waals surface area contributed by atoms with Gasteiger partial charge in [0.25, 0.3) is 0 Å². The minimum atomic E-state index is -0.317. The summed E-state index contributed by atoms with van der Waals surface area (Å²) in [5, 5.41) is 0. The smallest absolute Gasteiger partial charge is 0.339 e. The van der Waals surface area contributed by atoms with Crippen LogP contribution in [0.5, 0.6) is 0 Å². The molecule has 3 nitrogen and oxygen atoms in total. The van der Waals surface area contributed by atoms with Gasteiger partial charge in [-0.15, -0.1) is 0 Å². The van der Waals surface area contributed by atoms with Crippen LogP contribution >= 0.6 is 15.9 Å². The van der Waals surface area contributed by atoms with E-state index < -0.39 is 0 Å². The summed E-state index contributed by atoms with van der Waals surface area (Å²) in [7, 11) is 0. The third-order valence-electron chi connectivity index (χ3n) is 3.02. The van der Waals surface area contributed by atoms with E-state index in [0.29, 0.717) is 17.9 Å². The van der Waals surface area contributed by atoms with Crippen molar-refractivity contribution in [2.45, 2.75) is 20.8 Å². The van der Waals surface area contributed by atoms with Gasteiger partial charge >= 0.3 is 5.97 Å². The Morgan fingerprint density at radius 3 is 2.50 bits per heavy atom. The average Bonchev–Trinajstić information content (AvgIpc) is 2.42. The number of rotatable bonds is 3. The highest BCUT2D eigenvalue weighted by atomic mass is 79.9. The van der Waals surface area contributed by atoms with Crippen molar-refractivity contribution in [3.05, 3.63) is 51.6 Å². The van der Waals surface area contributed by atoms with Crippen LogP contribution < -0.4 is 0 Å². The Bertz CT molecular complexity index is 636. The number of aromatic nitrogens is 1. The summed E-state index contributed by atoms with van der Waals surface area (Å²) in [6.07, 6.45) is 0. The highest BCUT2D eigenvalue weighted by molar-refractivity contribution is 9.10. The molecule has 0 N–H and O–H groups in total. The number of pyridine rings is 1. The summed E-state index contributed by atoms with van der Waals surface area (Å²) in [6.45, 7) is 5.94. The Hall–Kier alpha value is -1.68. The molecular weight excluding hydrogens is 318 g/mol. The van der Waals surface area contributed by atoms with Gasteiger partial charge in [0.2, 0.25) is 0 Å². The third-order valence-corrected chi connectivity index (χ3v) is 3.55. The standard InChI is InChI=1S/C16H16BrNO2/c1-4-20-16(19)14-9-10(2)15(18-11(14)3)12-5-7-13(17)8-6-12/h5-9H,4H2,1-3H3. The van der Waals surface area contributed by atoms with Crippen LogP contribution in [0, 0.1) is 13.8 Å². The second-order valence-corrected chi connectivity index (χ2v) is 5.43. The molecule has 0 aliphatic rings. The van der Waals surface area contributed by atoms with E-state index in [1.165, 1.54) is 0 Å². The van der Waals surface area contributed by atoms with Gasteiger partial charge in [-0.05, 0) is 44.5 Å². The molecule has 2 aromatic rings. The van der Waals surface area contributed by atoms with E-state index in [1.807, 2.05) is 44.2 Å². The number of ether oxygens (including phenoxy) is 1. The first-order valence-corrected chi connectivity index (χ1v) is 7.23. The van der Waals surface area contributed by atoms with Gasteiger partial charge < -0.3 is 4.74 Å². The van der Waals surface area contributed by atoms with Gasteiger partial charge in [-0.25, -0.2) is 4.79 Å². The summed E-state index contributed by atoms with van der Waals surface area (Å²) >= 11 is 3.42. The van der Waals surface area contributed by atoms with Crippen LogP contribution in [-0.4, -0.2) is 17.6 Å². The first-order chi connectivity index (χ1) is 9.52. The fraction of sp³-hybridized carbons (Fsp3) is 0.250. The van der Waals surface area contributed by atoms with Crippen LogP contribution in [0.3, 0.4) is 0 Å². The molecule has 0 fully saturated rings. The van der Waals surface area contributed by atoms with Crippen LogP contribution in [0.2, 0.25) is 0 Å². The highest BCUT2D eigenvalue weighted by Gasteiger charge is 2.14. The van der Waals surface area contributed by atoms with Gasteiger partial charge in [-0.1, -0.05) is 28.1 Å². The molecule has 0 aliphatic carbocycles. The predicted octanol–water partition coefficient (Wildman–Crippen LogP) is 4.30. The van der Waals surface area contributed by atoms with Gasteiger partial charge in [0.1, 0.15) is 0 Å². The summed E-state index contributed by atoms with van der Waals surface area (Å²) in [4.78, 5) is 16.4. The maximum atomic E-state index is 11.8. The molecule has 0 aliphatic heterocycles. The molecule has 0 unspecified atom stereocenters. The monoisotopic (exact) mass is 333 g/mol. The van der Waals surface area contributed by atoms with Crippen LogP contribution in [0.4, 0.5) is 0 Å². The molecule has 2 rings (SSSR count). The quantitative estimate of drug-likeness (QED) is 0.786. The zero-order chi connectivity index (χ0) is 14.7. The number of aryl methyl sites for hydroxylation is 2. The van der Waals surface area contributed by atoms with Crippen molar-refractivity contribution in [2.24, 2.45) is 0 Å². The van der Waals surface area contributed by atoms with Crippen molar-refractivity contribution in [2.75, 3.05) is 6.61 Å². The third kappa shape index (κ3) is 3.07. The first-order valence-electron chi connectivity index (χ1n) is 6.44. The summed E-state index contributed by atoms with van der Waals surface area (Å²) in [5.74, 6) is -0.317. The lowest BCUT2D eigenvalue weighted by Crippen LogP contribution is -2.09. The number of hydrogen-bond donors (Lipinski definition) is 0. The molecule has 0 amide bonds. The molecule has 0 saturated carbocycles. The second kappa shape index (κ2) is 6.18. The SMILES string of the molecule is CCOC(=O)c1cc(C)c(-c2ccc(Br)cc2)nc1C. The maximum Gasteiger partial charge on any atom is 0.339 e. The van der Waals surface area contributed by atoms with Gasteiger partial charge in [-0.3, -0.25) is 4.98 Å². The van der Waals surface area contributed by atoms with E-state index in [-0.39, 0.29) is 5.97 Å². The van der Waals surface area contributed by atoms with Gasteiger partial charge in [0.05, 0.1) is 23.6 Å². The largest absolute Gasteiger partial charge is 0.462 e. The topological polar surface area (TPSA) is 39.2 Å². The summed E-state index contributed by atoms with van der Waals surface area (Å²) in [6, 6.07) is 9.81. The van der Waals surface area contributed by atoms with Crippen molar-refractivity contribution in [1.82, 2.24) is 4.98 Å². The van der Waals surface area contributed by atoms with E-state index in [4.69, 9.17) is 4.74 Å². The molecule has 0 bridgehead atoms. The zero-order valence-electron chi connectivity index (χ0n) is 11.7. The number of carbonyl (C=O) groups excluding carboxylic acids is 1. The molecule has 20 heavy (non-hydrogen) atoms. The fourth-order valence-corrected chi connectivity index (χ4v) is 2.29. The van der Waals surface area contributed by atoms with Crippen molar-refractivity contribution in [3.63, 3.8) is 0 Å². The number of carbonyl (C=O) groups is 1. The van der Waals surface area contributed by atoms with Crippen LogP contribution in [0.1, 0.15) is 28.5 Å². The van der Waals surface area contributed by atoms with Crippen molar-refractivity contribution in [3.8, 4) is 11.3 Å². The van der Waals surface area contributed by atoms with E-state index in [2.05, 4.69) is 20.9 Å². The Morgan fingerprint density at radius 2 is 1.90 bits per heavy atom. The Kier molecular flexibility index (Phi) is 4.55. The molecule has 1 aromatic heterocycles. The molecular formula is C16H16BrNO2. The van der Waals surface area contributed by atoms with Gasteiger partial charge in [-0.2, -0.15) is 0 Å². The lowest BCUT2D eigenvalue weighted by molar-refractivity contribution is 0.0525. The molecule has 1 heterocycles. The number of halogens is 1. The lowest BCUT2D eigenvalue weighted by Gasteiger charge is -2.11. The molecule has 1 aromatic carbocycles. The van der Waals surface area contributed by atoms with Crippen LogP contribution in [0.15, 0.2) is 34.8 Å². The minimum absolute atomic E-state index is 0.317. The Morgan fingerprint density at radius 1 is 1.25 bits per heavy atom. The van der Waals surface area contributed by atoms with Gasteiger partial charge in [0.15, 0.2) is 0 Å². The maximum absolute atomic E-state index is 11.8. The lowest BCUT2D eigenvalue weighted by atomic mass is 10.0. The van der Waals surface area contributed by atoms with Crippen molar-refractivity contribution < 1.29 is 9.53 Å². The predicted molar refractivity (Wildman–Crippen MR) is 82.8 cm³/mol. The van der Waals surface area contributed by atoms with Crippen LogP contribution in [0.25, 0.3) is 11.3 Å². The van der Waals surface area contributed by atoms with E-state index in [1.54, 1.807) is 6.92 Å². The minimum Gasteiger partial charge on any atom is -0.462 e. The first kappa shape index (κ1) is 14.7. The highest BCUT2D eigenvalue weighted by Crippen LogP contribution is 2.25. The van der Waals surface area contributed by atoms with Gasteiger partial charge in [0, 0.05) is 10.0 Å². The summed E-state index contributed by atoms with van der Waals surface area (Å²) < 4.78 is 6.07. The van der Waals surface area contributed by atoms with Crippen LogP contribution in [-0.2, 0) is 4.74 Å². The molecule has 104 valence electrons. The average molecular weight is 334 g/mol. The molecule has 0 radical (unpaired) electrons. The fourth-order valence-electron chi connectivity index (χ4n) is 2.02. The normalized spacial score (nSPS) is 10.4. The number of nitrogens with zero attached hydrogens (tertiary/aromatic N) is 1.